The first-order valence-electron chi connectivity index (χ1n) is 10.2. The largest absolute Gasteiger partial charge is 0.497 e. The predicted molar refractivity (Wildman–Crippen MR) is 114 cm³/mol. The fourth-order valence-corrected chi connectivity index (χ4v) is 3.52. The van der Waals surface area contributed by atoms with E-state index in [1.54, 1.807) is 7.11 Å². The molecule has 0 spiro atoms. The van der Waals surface area contributed by atoms with Crippen LogP contribution in [0.1, 0.15) is 29.7 Å². The Bertz CT molecular complexity index is 804. The van der Waals surface area contributed by atoms with Crippen LogP contribution in [0, 0.1) is 6.92 Å². The van der Waals surface area contributed by atoms with Crippen LogP contribution in [-0.2, 0) is 29.6 Å². The molecule has 30 heavy (non-hydrogen) atoms. The van der Waals surface area contributed by atoms with E-state index in [0.717, 1.165) is 51.3 Å². The Kier molecular flexibility index (Phi) is 9.34. The van der Waals surface area contributed by atoms with E-state index in [-0.39, 0.29) is 12.4 Å². The number of carboxylic acid groups (broad SMARTS) is 1. The molecule has 0 atom stereocenters. The molecule has 2 aromatic rings. The molecule has 0 saturated carbocycles. The zero-order valence-electron chi connectivity index (χ0n) is 18.1. The summed E-state index contributed by atoms with van der Waals surface area (Å²) in [7, 11) is 3.64. The van der Waals surface area contributed by atoms with Crippen molar-refractivity contribution in [3.63, 3.8) is 0 Å². The molecule has 1 aliphatic rings. The summed E-state index contributed by atoms with van der Waals surface area (Å²) >= 11 is 0. The third-order valence-electron chi connectivity index (χ3n) is 5.46. The molecule has 0 radical (unpaired) electrons. The highest BCUT2D eigenvalue weighted by Gasteiger charge is 2.20. The van der Waals surface area contributed by atoms with Crippen LogP contribution >= 0.6 is 0 Å². The SMILES string of the molecule is COc1ccc(CCC(=O)N2CCCN(Cc3cnn(C)c3C)CC2)cc1.O=CO. The number of benzene rings is 1. The maximum atomic E-state index is 12.6. The molecule has 8 heteroatoms. The molecule has 0 aliphatic carbocycles. The van der Waals surface area contributed by atoms with Crippen LogP contribution < -0.4 is 4.74 Å². The van der Waals surface area contributed by atoms with Gasteiger partial charge in [0.2, 0.25) is 5.91 Å². The lowest BCUT2D eigenvalue weighted by molar-refractivity contribution is -0.131. The van der Waals surface area contributed by atoms with Crippen molar-refractivity contribution in [1.82, 2.24) is 19.6 Å². The first-order valence-corrected chi connectivity index (χ1v) is 10.2. The molecule has 2 heterocycles. The van der Waals surface area contributed by atoms with Gasteiger partial charge in [0.15, 0.2) is 0 Å². The monoisotopic (exact) mass is 416 g/mol. The topological polar surface area (TPSA) is 87.9 Å². The van der Waals surface area contributed by atoms with Gasteiger partial charge in [-0.1, -0.05) is 12.1 Å². The van der Waals surface area contributed by atoms with Gasteiger partial charge in [0, 0.05) is 57.4 Å². The molecule has 1 saturated heterocycles. The molecule has 0 bridgehead atoms. The van der Waals surface area contributed by atoms with Gasteiger partial charge >= 0.3 is 0 Å². The number of aromatic nitrogens is 2. The zero-order chi connectivity index (χ0) is 21.9. The summed E-state index contributed by atoms with van der Waals surface area (Å²) in [5.41, 5.74) is 3.66. The van der Waals surface area contributed by atoms with E-state index in [9.17, 15) is 4.79 Å². The Morgan fingerprint density at radius 2 is 1.90 bits per heavy atom. The minimum absolute atomic E-state index is 0.250. The Hall–Kier alpha value is -2.87. The highest BCUT2D eigenvalue weighted by Crippen LogP contribution is 2.15. The maximum absolute atomic E-state index is 12.6. The van der Waals surface area contributed by atoms with E-state index < -0.39 is 0 Å². The van der Waals surface area contributed by atoms with Gasteiger partial charge in [-0.25, -0.2) is 0 Å². The van der Waals surface area contributed by atoms with Gasteiger partial charge in [-0.3, -0.25) is 19.2 Å². The molecule has 0 unspecified atom stereocenters. The lowest BCUT2D eigenvalue weighted by Gasteiger charge is -2.22. The van der Waals surface area contributed by atoms with Gasteiger partial charge in [-0.05, 0) is 37.5 Å². The molecule has 1 amide bonds. The van der Waals surface area contributed by atoms with Gasteiger partial charge in [0.1, 0.15) is 5.75 Å². The normalized spacial score (nSPS) is 14.4. The average molecular weight is 417 g/mol. The van der Waals surface area contributed by atoms with Crippen molar-refractivity contribution >= 4 is 12.4 Å². The Morgan fingerprint density at radius 1 is 1.20 bits per heavy atom. The summed E-state index contributed by atoms with van der Waals surface area (Å²) in [4.78, 5) is 25.5. The fourth-order valence-electron chi connectivity index (χ4n) is 3.52. The zero-order valence-corrected chi connectivity index (χ0v) is 18.1. The summed E-state index contributed by atoms with van der Waals surface area (Å²) in [6.45, 7) is 6.37. The molecule has 1 N–H and O–H groups in total. The smallest absolute Gasteiger partial charge is 0.290 e. The number of hydrogen-bond acceptors (Lipinski definition) is 5. The van der Waals surface area contributed by atoms with Crippen molar-refractivity contribution in [1.29, 1.82) is 0 Å². The van der Waals surface area contributed by atoms with E-state index in [2.05, 4.69) is 16.9 Å². The van der Waals surface area contributed by atoms with Crippen molar-refractivity contribution in [2.24, 2.45) is 7.05 Å². The van der Waals surface area contributed by atoms with Gasteiger partial charge in [-0.2, -0.15) is 5.10 Å². The van der Waals surface area contributed by atoms with Crippen molar-refractivity contribution < 1.29 is 19.4 Å². The van der Waals surface area contributed by atoms with Crippen LogP contribution in [0.2, 0.25) is 0 Å². The molecular formula is C22H32N4O4. The van der Waals surface area contributed by atoms with Gasteiger partial charge in [0.25, 0.3) is 6.47 Å². The number of methoxy groups -OCH3 is 1. The van der Waals surface area contributed by atoms with Crippen molar-refractivity contribution in [2.75, 3.05) is 33.3 Å². The lowest BCUT2D eigenvalue weighted by Crippen LogP contribution is -2.35. The number of carbonyl (C=O) groups is 2. The van der Waals surface area contributed by atoms with Gasteiger partial charge in [-0.15, -0.1) is 0 Å². The highest BCUT2D eigenvalue weighted by atomic mass is 16.5. The number of nitrogens with zero attached hydrogens (tertiary/aromatic N) is 4. The van der Waals surface area contributed by atoms with E-state index >= 15 is 0 Å². The second-order valence-electron chi connectivity index (χ2n) is 7.34. The van der Waals surface area contributed by atoms with E-state index in [1.807, 2.05) is 47.1 Å². The number of amides is 1. The van der Waals surface area contributed by atoms with E-state index in [4.69, 9.17) is 14.6 Å². The summed E-state index contributed by atoms with van der Waals surface area (Å²) in [5.74, 6) is 1.10. The van der Waals surface area contributed by atoms with Crippen LogP contribution in [-0.4, -0.2) is 70.4 Å². The molecule has 8 nitrogen and oxygen atoms in total. The van der Waals surface area contributed by atoms with Crippen LogP contribution in [0.5, 0.6) is 5.75 Å². The van der Waals surface area contributed by atoms with Crippen LogP contribution in [0.15, 0.2) is 30.5 Å². The second-order valence-corrected chi connectivity index (χ2v) is 7.34. The lowest BCUT2D eigenvalue weighted by atomic mass is 10.1. The van der Waals surface area contributed by atoms with E-state index in [1.165, 1.54) is 16.8 Å². The van der Waals surface area contributed by atoms with Crippen molar-refractivity contribution in [2.45, 2.75) is 32.7 Å². The highest BCUT2D eigenvalue weighted by molar-refractivity contribution is 5.76. The quantitative estimate of drug-likeness (QED) is 0.726. The average Bonchev–Trinajstić information content (AvgIpc) is 2.94. The first kappa shape index (κ1) is 23.4. The number of rotatable bonds is 6. The molecule has 1 aliphatic heterocycles. The predicted octanol–water partition coefficient (Wildman–Crippen LogP) is 2.11. The summed E-state index contributed by atoms with van der Waals surface area (Å²) in [6.07, 6.45) is 4.32. The maximum Gasteiger partial charge on any atom is 0.290 e. The second kappa shape index (κ2) is 12.0. The fraction of sp³-hybridized carbons (Fsp3) is 0.500. The van der Waals surface area contributed by atoms with Crippen LogP contribution in [0.3, 0.4) is 0 Å². The van der Waals surface area contributed by atoms with Crippen LogP contribution in [0.4, 0.5) is 0 Å². The van der Waals surface area contributed by atoms with E-state index in [0.29, 0.717) is 6.42 Å². The summed E-state index contributed by atoms with van der Waals surface area (Å²) in [6, 6.07) is 7.97. The minimum atomic E-state index is -0.250. The van der Waals surface area contributed by atoms with Crippen LogP contribution in [0.25, 0.3) is 0 Å². The summed E-state index contributed by atoms with van der Waals surface area (Å²) in [5, 5.41) is 11.2. The third kappa shape index (κ3) is 6.88. The number of ether oxygens (including phenoxy) is 1. The standard InChI is InChI=1S/C21H30N4O2.CH2O2/c1-17-19(15-22-23(17)2)16-24-11-4-12-25(14-13-24)21(26)10-7-18-5-8-20(27-3)9-6-18;2-1-3/h5-6,8-9,15H,4,7,10-14,16H2,1-3H3;1H,(H,2,3). The molecule has 3 rings (SSSR count). The first-order chi connectivity index (χ1) is 14.5. The number of aryl methyl sites for hydroxylation is 2. The van der Waals surface area contributed by atoms with Crippen molar-refractivity contribution in [3.8, 4) is 5.75 Å². The Morgan fingerprint density at radius 3 is 2.50 bits per heavy atom. The Labute approximate surface area is 178 Å². The van der Waals surface area contributed by atoms with Crippen molar-refractivity contribution in [3.05, 3.63) is 47.3 Å². The molecule has 1 aromatic heterocycles. The number of hydrogen-bond donors (Lipinski definition) is 1. The summed E-state index contributed by atoms with van der Waals surface area (Å²) < 4.78 is 7.10. The minimum Gasteiger partial charge on any atom is -0.497 e. The molecule has 164 valence electrons. The van der Waals surface area contributed by atoms with Gasteiger partial charge < -0.3 is 14.7 Å². The molecule has 1 fully saturated rings. The Balaban J connectivity index is 0.00000101. The molecular weight excluding hydrogens is 384 g/mol. The third-order valence-corrected chi connectivity index (χ3v) is 5.46. The number of carbonyl (C=O) groups excluding carboxylic acids is 1. The molecule has 1 aromatic carbocycles. The van der Waals surface area contributed by atoms with Gasteiger partial charge in [0.05, 0.1) is 13.3 Å².